The van der Waals surface area contributed by atoms with Crippen molar-refractivity contribution in [2.45, 2.75) is 50.5 Å². The van der Waals surface area contributed by atoms with Crippen LogP contribution in [0.4, 0.5) is 0 Å². The SMILES string of the molecule is CC(C)(C)c1csc(CS(=O)C(C)(C)C(=O)O)n1. The summed E-state index contributed by atoms with van der Waals surface area (Å²) in [5.41, 5.74) is 0.908. The van der Waals surface area contributed by atoms with Crippen molar-refractivity contribution in [2.75, 3.05) is 0 Å². The molecule has 1 heterocycles. The predicted octanol–water partition coefficient (Wildman–Crippen LogP) is 2.55. The Labute approximate surface area is 114 Å². The smallest absolute Gasteiger partial charge is 0.321 e. The molecule has 1 aromatic heterocycles. The van der Waals surface area contributed by atoms with Crippen molar-refractivity contribution in [1.82, 2.24) is 4.98 Å². The number of aromatic nitrogens is 1. The molecule has 0 aliphatic rings. The summed E-state index contributed by atoms with van der Waals surface area (Å²) < 4.78 is 10.8. The van der Waals surface area contributed by atoms with E-state index in [1.807, 2.05) is 5.38 Å². The lowest BCUT2D eigenvalue weighted by Gasteiger charge is -2.17. The second-order valence-corrected chi connectivity index (χ2v) is 8.62. The third-order valence-electron chi connectivity index (χ3n) is 2.66. The summed E-state index contributed by atoms with van der Waals surface area (Å²) in [4.78, 5) is 15.4. The highest BCUT2D eigenvalue weighted by Crippen LogP contribution is 2.26. The van der Waals surface area contributed by atoms with Gasteiger partial charge in [0.05, 0.1) is 11.4 Å². The Morgan fingerprint density at radius 1 is 1.39 bits per heavy atom. The predicted molar refractivity (Wildman–Crippen MR) is 74.4 cm³/mol. The summed E-state index contributed by atoms with van der Waals surface area (Å²) in [5.74, 6) is -0.853. The maximum absolute atomic E-state index is 12.0. The highest BCUT2D eigenvalue weighted by Gasteiger charge is 2.35. The lowest BCUT2D eigenvalue weighted by Crippen LogP contribution is -2.37. The van der Waals surface area contributed by atoms with Gasteiger partial charge < -0.3 is 5.11 Å². The van der Waals surface area contributed by atoms with Crippen LogP contribution in [0.5, 0.6) is 0 Å². The number of thiazole rings is 1. The molecule has 0 amide bonds. The molecule has 0 saturated heterocycles. The third kappa shape index (κ3) is 3.38. The molecule has 0 aliphatic heterocycles. The second-order valence-electron chi connectivity index (χ2n) is 5.68. The largest absolute Gasteiger partial charge is 0.480 e. The molecule has 6 heteroatoms. The summed E-state index contributed by atoms with van der Waals surface area (Å²) in [5, 5.41) is 11.7. The summed E-state index contributed by atoms with van der Waals surface area (Å²) in [6.45, 7) is 9.13. The van der Waals surface area contributed by atoms with Gasteiger partial charge in [-0.2, -0.15) is 0 Å². The van der Waals surface area contributed by atoms with Crippen LogP contribution < -0.4 is 0 Å². The Morgan fingerprint density at radius 3 is 2.33 bits per heavy atom. The van der Waals surface area contributed by atoms with Crippen molar-refractivity contribution in [2.24, 2.45) is 0 Å². The zero-order chi connectivity index (χ0) is 14.1. The third-order valence-corrected chi connectivity index (χ3v) is 5.54. The molecule has 0 spiro atoms. The van der Waals surface area contributed by atoms with Crippen LogP contribution in [0, 0.1) is 0 Å². The van der Waals surface area contributed by atoms with Crippen LogP contribution in [-0.2, 0) is 26.8 Å². The van der Waals surface area contributed by atoms with Gasteiger partial charge in [-0.05, 0) is 13.8 Å². The molecule has 0 fully saturated rings. The highest BCUT2D eigenvalue weighted by atomic mass is 32.2. The summed E-state index contributed by atoms with van der Waals surface area (Å²) in [7, 11) is -1.48. The van der Waals surface area contributed by atoms with Crippen LogP contribution in [0.1, 0.15) is 45.3 Å². The maximum atomic E-state index is 12.0. The molecule has 1 rings (SSSR count). The normalized spacial score (nSPS) is 14.5. The molecule has 0 bridgehead atoms. The van der Waals surface area contributed by atoms with Crippen LogP contribution >= 0.6 is 11.3 Å². The van der Waals surface area contributed by atoms with Crippen molar-refractivity contribution in [1.29, 1.82) is 0 Å². The Kier molecular flexibility index (Phi) is 4.33. The molecular formula is C12H19NO3S2. The van der Waals surface area contributed by atoms with Gasteiger partial charge in [-0.15, -0.1) is 11.3 Å². The lowest BCUT2D eigenvalue weighted by atomic mass is 9.93. The van der Waals surface area contributed by atoms with Gasteiger partial charge in [0, 0.05) is 21.6 Å². The zero-order valence-corrected chi connectivity index (χ0v) is 12.9. The van der Waals surface area contributed by atoms with Gasteiger partial charge in [0.1, 0.15) is 9.75 Å². The molecule has 0 saturated carbocycles. The zero-order valence-electron chi connectivity index (χ0n) is 11.3. The number of rotatable bonds is 4. The number of aliphatic carboxylic acids is 1. The van der Waals surface area contributed by atoms with E-state index in [4.69, 9.17) is 5.11 Å². The van der Waals surface area contributed by atoms with Gasteiger partial charge in [0.2, 0.25) is 0 Å². The van der Waals surface area contributed by atoms with Gasteiger partial charge in [-0.25, -0.2) is 4.98 Å². The molecule has 1 aromatic rings. The van der Waals surface area contributed by atoms with Crippen LogP contribution in [0.25, 0.3) is 0 Å². The first kappa shape index (κ1) is 15.3. The van der Waals surface area contributed by atoms with E-state index >= 15 is 0 Å². The molecule has 18 heavy (non-hydrogen) atoms. The Hall–Kier alpha value is -0.750. The summed E-state index contributed by atoms with van der Waals surface area (Å²) in [6.07, 6.45) is 0. The molecule has 0 aliphatic carbocycles. The molecule has 1 N–H and O–H groups in total. The van der Waals surface area contributed by atoms with Gasteiger partial charge in [0.25, 0.3) is 0 Å². The molecule has 1 unspecified atom stereocenters. The standard InChI is InChI=1S/C12H19NO3S2/c1-11(2,3)8-6-17-9(13-8)7-18(16)12(4,5)10(14)15/h6H,7H2,1-5H3,(H,14,15). The number of hydrogen-bond donors (Lipinski definition) is 1. The lowest BCUT2D eigenvalue weighted by molar-refractivity contribution is -0.139. The van der Waals surface area contributed by atoms with Crippen molar-refractivity contribution < 1.29 is 14.1 Å². The first-order valence-electron chi connectivity index (χ1n) is 5.62. The van der Waals surface area contributed by atoms with E-state index in [0.717, 1.165) is 10.7 Å². The van der Waals surface area contributed by atoms with Crippen LogP contribution in [0.3, 0.4) is 0 Å². The van der Waals surface area contributed by atoms with E-state index in [1.54, 1.807) is 0 Å². The summed E-state index contributed by atoms with van der Waals surface area (Å²) >= 11 is 1.44. The topological polar surface area (TPSA) is 67.3 Å². The second kappa shape index (κ2) is 5.09. The van der Waals surface area contributed by atoms with Crippen molar-refractivity contribution in [3.05, 3.63) is 16.1 Å². The van der Waals surface area contributed by atoms with Crippen LogP contribution in [0.2, 0.25) is 0 Å². The minimum atomic E-state index is -1.48. The van der Waals surface area contributed by atoms with Gasteiger partial charge in [0.15, 0.2) is 0 Å². The minimum Gasteiger partial charge on any atom is -0.480 e. The van der Waals surface area contributed by atoms with Crippen molar-refractivity contribution in [3.8, 4) is 0 Å². The van der Waals surface area contributed by atoms with E-state index in [0.29, 0.717) is 0 Å². The van der Waals surface area contributed by atoms with Gasteiger partial charge in [-0.1, -0.05) is 20.8 Å². The average molecular weight is 289 g/mol. The molecule has 1 atom stereocenters. The molecule has 0 radical (unpaired) electrons. The van der Waals surface area contributed by atoms with E-state index in [9.17, 15) is 9.00 Å². The minimum absolute atomic E-state index is 0.0431. The molecule has 102 valence electrons. The summed E-state index contributed by atoms with van der Waals surface area (Å²) in [6, 6.07) is 0. The fourth-order valence-electron chi connectivity index (χ4n) is 1.11. The van der Waals surface area contributed by atoms with Crippen molar-refractivity contribution >= 4 is 28.1 Å². The Balaban J connectivity index is 2.84. The number of carboxylic acid groups (broad SMARTS) is 1. The Morgan fingerprint density at radius 2 is 1.94 bits per heavy atom. The number of nitrogens with zero attached hydrogens (tertiary/aromatic N) is 1. The monoisotopic (exact) mass is 289 g/mol. The quantitative estimate of drug-likeness (QED) is 0.925. The fraction of sp³-hybridized carbons (Fsp3) is 0.667. The molecule has 0 aromatic carbocycles. The van der Waals surface area contributed by atoms with E-state index < -0.39 is 21.5 Å². The highest BCUT2D eigenvalue weighted by molar-refractivity contribution is 7.86. The fourth-order valence-corrected chi connectivity index (χ4v) is 3.35. The Bertz CT molecular complexity index is 472. The number of carboxylic acids is 1. The first-order chi connectivity index (χ1) is 8.05. The van der Waals surface area contributed by atoms with Gasteiger partial charge in [-0.3, -0.25) is 9.00 Å². The van der Waals surface area contributed by atoms with Crippen molar-refractivity contribution in [3.63, 3.8) is 0 Å². The van der Waals surface area contributed by atoms with Crippen LogP contribution in [0.15, 0.2) is 5.38 Å². The number of hydrogen-bond acceptors (Lipinski definition) is 4. The van der Waals surface area contributed by atoms with E-state index in [1.165, 1.54) is 25.2 Å². The molecular weight excluding hydrogens is 270 g/mol. The number of carbonyl (C=O) groups is 1. The molecule has 4 nitrogen and oxygen atoms in total. The van der Waals surface area contributed by atoms with E-state index in [-0.39, 0.29) is 11.2 Å². The van der Waals surface area contributed by atoms with Gasteiger partial charge >= 0.3 is 5.97 Å². The average Bonchev–Trinajstić information content (AvgIpc) is 2.65. The van der Waals surface area contributed by atoms with E-state index in [2.05, 4.69) is 25.8 Å². The van der Waals surface area contributed by atoms with Crippen LogP contribution in [-0.4, -0.2) is 25.0 Å². The first-order valence-corrected chi connectivity index (χ1v) is 7.82. The maximum Gasteiger partial charge on any atom is 0.321 e.